The van der Waals surface area contributed by atoms with Crippen molar-refractivity contribution < 1.29 is 13.2 Å². The van der Waals surface area contributed by atoms with Crippen LogP contribution in [0, 0.1) is 5.92 Å². The Balaban J connectivity index is 2.30. The van der Waals surface area contributed by atoms with Crippen LogP contribution in [-0.4, -0.2) is 38.1 Å². The van der Waals surface area contributed by atoms with E-state index in [0.717, 1.165) is 25.5 Å². The minimum absolute atomic E-state index is 0.125. The number of carbonyl (C=O) groups is 1. The minimum atomic E-state index is -3.36. The molecule has 0 N–H and O–H groups in total. The molecule has 0 heterocycles. The molecule has 22 heavy (non-hydrogen) atoms. The Hall–Kier alpha value is -1.07. The molecule has 1 aliphatic carbocycles. The van der Waals surface area contributed by atoms with E-state index in [1.807, 2.05) is 4.90 Å². The Bertz CT molecular complexity index is 666. The number of carbonyl (C=O) groups excluding carboxylic acids is 1. The quantitative estimate of drug-likeness (QED) is 0.795. The lowest BCUT2D eigenvalue weighted by Crippen LogP contribution is -2.34. The van der Waals surface area contributed by atoms with Crippen LogP contribution in [0.15, 0.2) is 23.1 Å². The number of hydrogen-bond donors (Lipinski definition) is 0. The first-order valence-corrected chi connectivity index (χ1v) is 9.77. The standard InChI is InChI=1S/C16H22ClNO3S/c1-11(2)8-9-18(12-4-5-12)16(19)14-10-13(22(3,20)21)6-7-15(14)17/h6-7,10-12H,4-5,8-9H2,1-3H3. The summed E-state index contributed by atoms with van der Waals surface area (Å²) in [7, 11) is -3.36. The van der Waals surface area contributed by atoms with E-state index in [2.05, 4.69) is 13.8 Å². The second-order valence-corrected chi connectivity index (χ2v) is 8.75. The van der Waals surface area contributed by atoms with Gasteiger partial charge in [0.1, 0.15) is 0 Å². The van der Waals surface area contributed by atoms with Crippen LogP contribution in [0.25, 0.3) is 0 Å². The van der Waals surface area contributed by atoms with Crippen molar-refractivity contribution in [1.82, 2.24) is 4.90 Å². The number of nitrogens with zero attached hydrogens (tertiary/aromatic N) is 1. The van der Waals surface area contributed by atoms with Gasteiger partial charge in [-0.1, -0.05) is 25.4 Å². The minimum Gasteiger partial charge on any atom is -0.336 e. The smallest absolute Gasteiger partial charge is 0.255 e. The predicted molar refractivity (Wildman–Crippen MR) is 88.1 cm³/mol. The lowest BCUT2D eigenvalue weighted by molar-refractivity contribution is 0.0735. The maximum Gasteiger partial charge on any atom is 0.255 e. The van der Waals surface area contributed by atoms with Crippen molar-refractivity contribution in [1.29, 1.82) is 0 Å². The van der Waals surface area contributed by atoms with E-state index in [1.54, 1.807) is 0 Å². The van der Waals surface area contributed by atoms with Gasteiger partial charge in [-0.2, -0.15) is 0 Å². The summed E-state index contributed by atoms with van der Waals surface area (Å²) in [4.78, 5) is 14.8. The zero-order chi connectivity index (χ0) is 16.5. The van der Waals surface area contributed by atoms with Gasteiger partial charge in [-0.25, -0.2) is 8.42 Å². The number of amides is 1. The van der Waals surface area contributed by atoms with Crippen LogP contribution < -0.4 is 0 Å². The fraction of sp³-hybridized carbons (Fsp3) is 0.562. The van der Waals surface area contributed by atoms with Crippen LogP contribution in [-0.2, 0) is 9.84 Å². The molecule has 0 radical (unpaired) electrons. The molecule has 2 rings (SSSR count). The van der Waals surface area contributed by atoms with Crippen molar-refractivity contribution in [2.75, 3.05) is 12.8 Å². The van der Waals surface area contributed by atoms with Crippen LogP contribution in [0.3, 0.4) is 0 Å². The van der Waals surface area contributed by atoms with E-state index in [0.29, 0.717) is 17.5 Å². The molecular formula is C16H22ClNO3S. The van der Waals surface area contributed by atoms with Crippen molar-refractivity contribution in [3.63, 3.8) is 0 Å². The Labute approximate surface area is 137 Å². The Kier molecular flexibility index (Phi) is 5.17. The fourth-order valence-corrected chi connectivity index (χ4v) is 3.13. The van der Waals surface area contributed by atoms with Crippen molar-refractivity contribution in [3.05, 3.63) is 28.8 Å². The number of benzene rings is 1. The number of hydrogen-bond acceptors (Lipinski definition) is 3. The molecule has 0 saturated heterocycles. The molecule has 0 spiro atoms. The van der Waals surface area contributed by atoms with Crippen molar-refractivity contribution in [3.8, 4) is 0 Å². The fourth-order valence-electron chi connectivity index (χ4n) is 2.29. The molecule has 1 aromatic carbocycles. The Morgan fingerprint density at radius 3 is 2.50 bits per heavy atom. The van der Waals surface area contributed by atoms with Gasteiger partial charge in [0.25, 0.3) is 5.91 Å². The molecule has 0 aliphatic heterocycles. The van der Waals surface area contributed by atoms with Gasteiger partial charge in [-0.3, -0.25) is 4.79 Å². The van der Waals surface area contributed by atoms with Gasteiger partial charge < -0.3 is 4.90 Å². The molecule has 0 aromatic heterocycles. The lowest BCUT2D eigenvalue weighted by atomic mass is 10.1. The summed E-state index contributed by atoms with van der Waals surface area (Å²) in [6, 6.07) is 4.58. The zero-order valence-electron chi connectivity index (χ0n) is 13.2. The topological polar surface area (TPSA) is 54.5 Å². The second kappa shape index (κ2) is 6.59. The Morgan fingerprint density at radius 1 is 1.36 bits per heavy atom. The molecular weight excluding hydrogens is 322 g/mol. The molecule has 4 nitrogen and oxygen atoms in total. The molecule has 1 fully saturated rings. The van der Waals surface area contributed by atoms with Gasteiger partial charge in [0.05, 0.1) is 15.5 Å². The lowest BCUT2D eigenvalue weighted by Gasteiger charge is -2.24. The van der Waals surface area contributed by atoms with E-state index in [9.17, 15) is 13.2 Å². The molecule has 1 saturated carbocycles. The van der Waals surface area contributed by atoms with E-state index >= 15 is 0 Å². The van der Waals surface area contributed by atoms with Gasteiger partial charge >= 0.3 is 0 Å². The van der Waals surface area contributed by atoms with E-state index < -0.39 is 9.84 Å². The zero-order valence-corrected chi connectivity index (χ0v) is 14.7. The van der Waals surface area contributed by atoms with Crippen molar-refractivity contribution in [2.45, 2.75) is 44.0 Å². The van der Waals surface area contributed by atoms with Gasteiger partial charge in [0.2, 0.25) is 0 Å². The molecule has 122 valence electrons. The first-order valence-electron chi connectivity index (χ1n) is 7.50. The van der Waals surface area contributed by atoms with Gasteiger partial charge in [0, 0.05) is 18.8 Å². The highest BCUT2D eigenvalue weighted by Crippen LogP contribution is 2.31. The third-order valence-electron chi connectivity index (χ3n) is 3.79. The van der Waals surface area contributed by atoms with Crippen LogP contribution in [0.2, 0.25) is 5.02 Å². The highest BCUT2D eigenvalue weighted by molar-refractivity contribution is 7.90. The van der Waals surface area contributed by atoms with Crippen molar-refractivity contribution in [2.24, 2.45) is 5.92 Å². The first kappa shape index (κ1) is 17.3. The van der Waals surface area contributed by atoms with Crippen LogP contribution in [0.1, 0.15) is 43.5 Å². The third-order valence-corrected chi connectivity index (χ3v) is 5.23. The first-order chi connectivity index (χ1) is 10.2. The third kappa shape index (κ3) is 4.23. The predicted octanol–water partition coefficient (Wildman–Crippen LogP) is 3.39. The van der Waals surface area contributed by atoms with Crippen LogP contribution in [0.5, 0.6) is 0 Å². The van der Waals surface area contributed by atoms with Gasteiger partial charge in [-0.15, -0.1) is 0 Å². The van der Waals surface area contributed by atoms with E-state index in [-0.39, 0.29) is 22.4 Å². The summed E-state index contributed by atoms with van der Waals surface area (Å²) >= 11 is 6.13. The summed E-state index contributed by atoms with van der Waals surface area (Å²) < 4.78 is 23.4. The molecule has 1 aromatic rings. The molecule has 0 atom stereocenters. The highest BCUT2D eigenvalue weighted by atomic mass is 35.5. The molecule has 1 amide bonds. The average Bonchev–Trinajstić information content (AvgIpc) is 3.22. The monoisotopic (exact) mass is 343 g/mol. The SMILES string of the molecule is CC(C)CCN(C(=O)c1cc(S(C)(=O)=O)ccc1Cl)C1CC1. The summed E-state index contributed by atoms with van der Waals surface area (Å²) in [5.74, 6) is 0.338. The maximum atomic E-state index is 12.8. The molecule has 0 bridgehead atoms. The average molecular weight is 344 g/mol. The largest absolute Gasteiger partial charge is 0.336 e. The highest BCUT2D eigenvalue weighted by Gasteiger charge is 2.33. The Morgan fingerprint density at radius 2 is 2.00 bits per heavy atom. The summed E-state index contributed by atoms with van der Waals surface area (Å²) in [6.07, 6.45) is 4.06. The number of halogens is 1. The van der Waals surface area contributed by atoms with Crippen LogP contribution >= 0.6 is 11.6 Å². The summed E-state index contributed by atoms with van der Waals surface area (Å²) in [5.41, 5.74) is 0.278. The van der Waals surface area contributed by atoms with Gasteiger partial charge in [0.15, 0.2) is 9.84 Å². The molecule has 0 unspecified atom stereocenters. The van der Waals surface area contributed by atoms with Gasteiger partial charge in [-0.05, 0) is 43.4 Å². The van der Waals surface area contributed by atoms with E-state index in [4.69, 9.17) is 11.6 Å². The van der Waals surface area contributed by atoms with Crippen molar-refractivity contribution >= 4 is 27.3 Å². The number of rotatable bonds is 6. The normalized spacial score (nSPS) is 15.1. The summed E-state index contributed by atoms with van der Waals surface area (Å²) in [6.45, 7) is 4.92. The van der Waals surface area contributed by atoms with E-state index in [1.165, 1.54) is 18.2 Å². The number of sulfone groups is 1. The van der Waals surface area contributed by atoms with Crippen LogP contribution in [0.4, 0.5) is 0 Å². The second-order valence-electron chi connectivity index (χ2n) is 6.33. The maximum absolute atomic E-state index is 12.8. The molecule has 6 heteroatoms. The molecule has 1 aliphatic rings. The summed E-state index contributed by atoms with van der Waals surface area (Å²) in [5, 5.41) is 0.299.